The lowest BCUT2D eigenvalue weighted by Gasteiger charge is -2.27. The summed E-state index contributed by atoms with van der Waals surface area (Å²) in [7, 11) is 1.47. The highest BCUT2D eigenvalue weighted by molar-refractivity contribution is 5.81. The summed E-state index contributed by atoms with van der Waals surface area (Å²) in [5.74, 6) is -0.119. The van der Waals surface area contributed by atoms with Gasteiger partial charge in [-0.3, -0.25) is 10.1 Å². The number of ether oxygens (including phenoxy) is 2. The Bertz CT molecular complexity index is 278. The second kappa shape index (κ2) is 5.36. The van der Waals surface area contributed by atoms with E-state index >= 15 is 0 Å². The molecule has 0 aliphatic heterocycles. The van der Waals surface area contributed by atoms with Crippen LogP contribution in [0.4, 0.5) is 0 Å². The topological polar surface area (TPSA) is 47.6 Å². The quantitative estimate of drug-likeness (QED) is 0.718. The summed E-state index contributed by atoms with van der Waals surface area (Å²) in [5.41, 5.74) is -0.478. The van der Waals surface area contributed by atoms with E-state index in [0.29, 0.717) is 6.04 Å². The summed E-state index contributed by atoms with van der Waals surface area (Å²) in [5, 5.41) is 3.47. The summed E-state index contributed by atoms with van der Waals surface area (Å²) in [6, 6.07) is 0.513. The van der Waals surface area contributed by atoms with Gasteiger partial charge in [0.05, 0.1) is 13.2 Å². The summed E-state index contributed by atoms with van der Waals surface area (Å²) in [6.07, 6.45) is 6.14. The molecule has 0 spiro atoms. The molecule has 2 saturated carbocycles. The molecule has 0 heterocycles. The fourth-order valence-electron chi connectivity index (χ4n) is 2.62. The van der Waals surface area contributed by atoms with Gasteiger partial charge < -0.3 is 9.47 Å². The lowest BCUT2D eigenvalue weighted by Crippen LogP contribution is -2.52. The van der Waals surface area contributed by atoms with E-state index in [4.69, 9.17) is 9.47 Å². The first kappa shape index (κ1) is 12.8. The Morgan fingerprint density at radius 2 is 2.18 bits per heavy atom. The maximum Gasteiger partial charge on any atom is 0.326 e. The van der Waals surface area contributed by atoms with Crippen LogP contribution in [-0.4, -0.2) is 37.4 Å². The average Bonchev–Trinajstić information content (AvgIpc) is 3.05. The summed E-state index contributed by atoms with van der Waals surface area (Å²) < 4.78 is 10.7. The molecule has 17 heavy (non-hydrogen) atoms. The predicted octanol–water partition coefficient (Wildman–Crippen LogP) is 1.63. The van der Waals surface area contributed by atoms with Crippen LogP contribution in [0, 0.1) is 0 Å². The van der Waals surface area contributed by atoms with Gasteiger partial charge in [-0.15, -0.1) is 0 Å². The smallest absolute Gasteiger partial charge is 0.326 e. The SMILES string of the molecule is CCCOC1CCC(NC2CC2)(C(=O)OC)C1. The largest absolute Gasteiger partial charge is 0.468 e. The molecule has 2 rings (SSSR count). The van der Waals surface area contributed by atoms with E-state index in [2.05, 4.69) is 12.2 Å². The van der Waals surface area contributed by atoms with Gasteiger partial charge in [0.2, 0.25) is 0 Å². The molecule has 0 aromatic rings. The highest BCUT2D eigenvalue weighted by atomic mass is 16.5. The van der Waals surface area contributed by atoms with Gasteiger partial charge >= 0.3 is 5.97 Å². The van der Waals surface area contributed by atoms with E-state index in [0.717, 1.165) is 32.3 Å². The predicted molar refractivity (Wildman–Crippen MR) is 64.8 cm³/mol. The van der Waals surface area contributed by atoms with Crippen molar-refractivity contribution in [1.82, 2.24) is 5.32 Å². The molecular weight excluding hydrogens is 218 g/mol. The Balaban J connectivity index is 1.94. The maximum absolute atomic E-state index is 12.0. The number of carbonyl (C=O) groups is 1. The normalized spacial score (nSPS) is 32.7. The number of hydrogen-bond acceptors (Lipinski definition) is 4. The van der Waals surface area contributed by atoms with Crippen LogP contribution in [0.15, 0.2) is 0 Å². The second-order valence-corrected chi connectivity index (χ2v) is 5.23. The van der Waals surface area contributed by atoms with E-state index in [9.17, 15) is 4.79 Å². The minimum absolute atomic E-state index is 0.119. The number of hydrogen-bond donors (Lipinski definition) is 1. The molecule has 2 fully saturated rings. The third kappa shape index (κ3) is 2.99. The molecule has 2 atom stereocenters. The van der Waals surface area contributed by atoms with Crippen LogP contribution in [0.25, 0.3) is 0 Å². The molecule has 1 N–H and O–H groups in total. The van der Waals surface area contributed by atoms with Crippen molar-refractivity contribution in [1.29, 1.82) is 0 Å². The number of esters is 1. The Kier molecular flexibility index (Phi) is 4.05. The molecule has 4 heteroatoms. The molecule has 0 amide bonds. The average molecular weight is 241 g/mol. The van der Waals surface area contributed by atoms with Crippen molar-refractivity contribution in [3.63, 3.8) is 0 Å². The molecule has 2 unspecified atom stereocenters. The first-order valence-corrected chi connectivity index (χ1v) is 6.68. The minimum Gasteiger partial charge on any atom is -0.468 e. The Hall–Kier alpha value is -0.610. The van der Waals surface area contributed by atoms with Crippen LogP contribution in [-0.2, 0) is 14.3 Å². The molecular formula is C13H23NO3. The number of methoxy groups -OCH3 is 1. The Morgan fingerprint density at radius 1 is 1.41 bits per heavy atom. The van der Waals surface area contributed by atoms with Crippen LogP contribution >= 0.6 is 0 Å². The lowest BCUT2D eigenvalue weighted by molar-refractivity contribution is -0.149. The summed E-state index contributed by atoms with van der Waals surface area (Å²) in [6.45, 7) is 2.89. The number of rotatable bonds is 6. The molecule has 4 nitrogen and oxygen atoms in total. The second-order valence-electron chi connectivity index (χ2n) is 5.23. The summed E-state index contributed by atoms with van der Waals surface area (Å²) >= 11 is 0. The number of nitrogens with one attached hydrogen (secondary N) is 1. The van der Waals surface area contributed by atoms with Gasteiger partial charge in [-0.25, -0.2) is 0 Å². The van der Waals surface area contributed by atoms with Gasteiger partial charge in [0, 0.05) is 19.1 Å². The van der Waals surface area contributed by atoms with E-state index in [1.807, 2.05) is 0 Å². The zero-order chi connectivity index (χ0) is 12.3. The molecule has 2 aliphatic rings. The van der Waals surface area contributed by atoms with Crippen LogP contribution in [0.2, 0.25) is 0 Å². The molecule has 0 aromatic carbocycles. The molecule has 98 valence electrons. The minimum atomic E-state index is -0.478. The highest BCUT2D eigenvalue weighted by Crippen LogP contribution is 2.36. The van der Waals surface area contributed by atoms with E-state index in [1.54, 1.807) is 0 Å². The molecule has 0 radical (unpaired) electrons. The fraction of sp³-hybridized carbons (Fsp3) is 0.923. The molecule has 0 aromatic heterocycles. The first-order chi connectivity index (χ1) is 8.20. The number of carbonyl (C=O) groups excluding carboxylic acids is 1. The monoisotopic (exact) mass is 241 g/mol. The third-order valence-corrected chi connectivity index (χ3v) is 3.66. The van der Waals surface area contributed by atoms with Crippen molar-refractivity contribution in [2.75, 3.05) is 13.7 Å². The maximum atomic E-state index is 12.0. The Morgan fingerprint density at radius 3 is 2.76 bits per heavy atom. The van der Waals surface area contributed by atoms with Gasteiger partial charge in [-0.1, -0.05) is 6.92 Å². The van der Waals surface area contributed by atoms with Crippen LogP contribution in [0.3, 0.4) is 0 Å². The van der Waals surface area contributed by atoms with Crippen molar-refractivity contribution < 1.29 is 14.3 Å². The first-order valence-electron chi connectivity index (χ1n) is 6.68. The highest BCUT2D eigenvalue weighted by Gasteiger charge is 2.49. The van der Waals surface area contributed by atoms with Crippen molar-refractivity contribution in [2.45, 2.75) is 63.1 Å². The van der Waals surface area contributed by atoms with Crippen LogP contribution in [0.1, 0.15) is 45.4 Å². The van der Waals surface area contributed by atoms with Crippen LogP contribution in [0.5, 0.6) is 0 Å². The van der Waals surface area contributed by atoms with Crippen LogP contribution < -0.4 is 5.32 Å². The van der Waals surface area contributed by atoms with E-state index < -0.39 is 5.54 Å². The molecule has 2 aliphatic carbocycles. The lowest BCUT2D eigenvalue weighted by atomic mass is 9.97. The Labute approximate surface area is 103 Å². The van der Waals surface area contributed by atoms with Crippen molar-refractivity contribution in [3.05, 3.63) is 0 Å². The fourth-order valence-corrected chi connectivity index (χ4v) is 2.62. The van der Waals surface area contributed by atoms with Gasteiger partial charge in [-0.05, 0) is 32.1 Å². The molecule has 0 bridgehead atoms. The van der Waals surface area contributed by atoms with E-state index in [-0.39, 0.29) is 12.1 Å². The zero-order valence-electron chi connectivity index (χ0n) is 10.8. The third-order valence-electron chi connectivity index (χ3n) is 3.66. The zero-order valence-corrected chi connectivity index (χ0v) is 10.8. The van der Waals surface area contributed by atoms with Gasteiger partial charge in [0.1, 0.15) is 5.54 Å². The van der Waals surface area contributed by atoms with Gasteiger partial charge in [0.15, 0.2) is 0 Å². The van der Waals surface area contributed by atoms with E-state index in [1.165, 1.54) is 20.0 Å². The molecule has 0 saturated heterocycles. The summed E-state index contributed by atoms with van der Waals surface area (Å²) in [4.78, 5) is 12.0. The van der Waals surface area contributed by atoms with Gasteiger partial charge in [0.25, 0.3) is 0 Å². The van der Waals surface area contributed by atoms with Gasteiger partial charge in [-0.2, -0.15) is 0 Å². The van der Waals surface area contributed by atoms with Crippen molar-refractivity contribution in [3.8, 4) is 0 Å². The van der Waals surface area contributed by atoms with Crippen molar-refractivity contribution >= 4 is 5.97 Å². The van der Waals surface area contributed by atoms with Crippen molar-refractivity contribution in [2.24, 2.45) is 0 Å². The standard InChI is InChI=1S/C13H23NO3/c1-3-8-17-11-6-7-13(9-11,12(15)16-2)14-10-4-5-10/h10-11,14H,3-9H2,1-2H3.